The van der Waals surface area contributed by atoms with E-state index >= 15 is 0 Å². The summed E-state index contributed by atoms with van der Waals surface area (Å²) in [6.45, 7) is 5.40. The van der Waals surface area contributed by atoms with Gasteiger partial charge in [0.1, 0.15) is 0 Å². The van der Waals surface area contributed by atoms with Gasteiger partial charge in [-0.25, -0.2) is 0 Å². The molecule has 21 heavy (non-hydrogen) atoms. The van der Waals surface area contributed by atoms with Gasteiger partial charge in [0.15, 0.2) is 0 Å². The average Bonchev–Trinajstić information content (AvgIpc) is 2.45. The zero-order valence-electron chi connectivity index (χ0n) is 13.7. The van der Waals surface area contributed by atoms with Crippen LogP contribution in [0.1, 0.15) is 71.6 Å². The van der Waals surface area contributed by atoms with Crippen molar-refractivity contribution in [3.05, 3.63) is 0 Å². The third-order valence-electron chi connectivity index (χ3n) is 5.18. The third-order valence-corrected chi connectivity index (χ3v) is 5.18. The summed E-state index contributed by atoms with van der Waals surface area (Å²) in [5, 5.41) is 6.75. The summed E-state index contributed by atoms with van der Waals surface area (Å²) in [6.07, 6.45) is 11.1. The number of amides is 1. The Hall–Kier alpha value is -0.280. The average molecular weight is 317 g/mol. The highest BCUT2D eigenvalue weighted by Crippen LogP contribution is 2.30. The van der Waals surface area contributed by atoms with Crippen molar-refractivity contribution in [3.8, 4) is 0 Å². The Bertz CT molecular complexity index is 305. The van der Waals surface area contributed by atoms with Crippen LogP contribution >= 0.6 is 12.4 Å². The van der Waals surface area contributed by atoms with Gasteiger partial charge in [0.05, 0.1) is 0 Å². The van der Waals surface area contributed by atoms with Crippen LogP contribution in [0.2, 0.25) is 0 Å². The normalized spacial score (nSPS) is 28.5. The molecule has 4 heteroatoms. The highest BCUT2D eigenvalue weighted by molar-refractivity contribution is 5.85. The Balaban J connectivity index is 0.00000220. The first-order chi connectivity index (χ1) is 9.69. The minimum atomic E-state index is 0. The van der Waals surface area contributed by atoms with Gasteiger partial charge in [-0.2, -0.15) is 0 Å². The maximum Gasteiger partial charge on any atom is 0.223 e. The molecular formula is C17H33ClN2O. The van der Waals surface area contributed by atoms with Gasteiger partial charge in [0.2, 0.25) is 5.91 Å². The second kappa shape index (κ2) is 9.68. The Morgan fingerprint density at radius 3 is 2.57 bits per heavy atom. The fourth-order valence-corrected chi connectivity index (χ4v) is 3.87. The monoisotopic (exact) mass is 316 g/mol. The van der Waals surface area contributed by atoms with E-state index in [-0.39, 0.29) is 18.3 Å². The highest BCUT2D eigenvalue weighted by atomic mass is 35.5. The van der Waals surface area contributed by atoms with Crippen LogP contribution in [0.4, 0.5) is 0 Å². The Morgan fingerprint density at radius 2 is 1.95 bits per heavy atom. The molecule has 1 amide bonds. The Kier molecular flexibility index (Phi) is 8.65. The van der Waals surface area contributed by atoms with Crippen molar-refractivity contribution >= 4 is 18.3 Å². The predicted molar refractivity (Wildman–Crippen MR) is 90.9 cm³/mol. The zero-order valence-corrected chi connectivity index (χ0v) is 14.5. The molecule has 0 radical (unpaired) electrons. The summed E-state index contributed by atoms with van der Waals surface area (Å²) in [5.41, 5.74) is 0. The Labute approximate surface area is 136 Å². The second-order valence-electron chi connectivity index (χ2n) is 6.93. The zero-order chi connectivity index (χ0) is 14.4. The van der Waals surface area contributed by atoms with Gasteiger partial charge in [-0.15, -0.1) is 12.4 Å². The quantitative estimate of drug-likeness (QED) is 0.812. The molecule has 1 saturated carbocycles. The molecule has 3 atom stereocenters. The summed E-state index contributed by atoms with van der Waals surface area (Å²) >= 11 is 0. The molecule has 2 rings (SSSR count). The predicted octanol–water partition coefficient (Wildman–Crippen LogP) is 3.66. The lowest BCUT2D eigenvalue weighted by Crippen LogP contribution is -2.48. The number of carbonyl (C=O) groups is 1. The highest BCUT2D eigenvalue weighted by Gasteiger charge is 2.26. The summed E-state index contributed by atoms with van der Waals surface area (Å²) in [7, 11) is 0. The van der Waals surface area contributed by atoms with Crippen LogP contribution in [-0.2, 0) is 4.79 Å². The molecule has 3 unspecified atom stereocenters. The summed E-state index contributed by atoms with van der Waals surface area (Å²) < 4.78 is 0. The molecule has 1 heterocycles. The van der Waals surface area contributed by atoms with E-state index in [0.29, 0.717) is 18.0 Å². The molecule has 0 spiro atoms. The van der Waals surface area contributed by atoms with Gasteiger partial charge in [-0.3, -0.25) is 4.79 Å². The van der Waals surface area contributed by atoms with Crippen molar-refractivity contribution in [3.63, 3.8) is 0 Å². The maximum atomic E-state index is 12.5. The van der Waals surface area contributed by atoms with Crippen molar-refractivity contribution in [1.29, 1.82) is 0 Å². The maximum absolute atomic E-state index is 12.5. The lowest BCUT2D eigenvalue weighted by atomic mass is 9.81. The van der Waals surface area contributed by atoms with E-state index in [1.807, 2.05) is 0 Å². The number of hydrogen-bond donors (Lipinski definition) is 2. The van der Waals surface area contributed by atoms with E-state index in [9.17, 15) is 4.79 Å². The molecule has 124 valence electrons. The molecule has 1 aliphatic heterocycles. The van der Waals surface area contributed by atoms with Crippen molar-refractivity contribution < 1.29 is 4.79 Å². The molecule has 1 aliphatic carbocycles. The fraction of sp³-hybridized carbons (Fsp3) is 0.941. The van der Waals surface area contributed by atoms with E-state index in [1.54, 1.807) is 0 Å². The fourth-order valence-electron chi connectivity index (χ4n) is 3.87. The smallest absolute Gasteiger partial charge is 0.223 e. The van der Waals surface area contributed by atoms with Crippen LogP contribution in [0.15, 0.2) is 0 Å². The number of carbonyl (C=O) groups excluding carboxylic acids is 1. The molecular weight excluding hydrogens is 284 g/mol. The molecule has 0 bridgehead atoms. The molecule has 1 saturated heterocycles. The molecule has 2 N–H and O–H groups in total. The van der Waals surface area contributed by atoms with Crippen LogP contribution < -0.4 is 10.6 Å². The van der Waals surface area contributed by atoms with E-state index in [2.05, 4.69) is 24.5 Å². The number of nitrogens with one attached hydrogen (secondary N) is 2. The standard InChI is InChI=1S/C17H32N2O.ClH/c1-3-15(12-14-7-5-4-6-8-14)17(20)19-16-9-10-18-13(2)11-16;/h13-16,18H,3-12H2,1-2H3,(H,19,20);1H. The first-order valence-electron chi connectivity index (χ1n) is 8.72. The van der Waals surface area contributed by atoms with Gasteiger partial charge in [0, 0.05) is 18.0 Å². The van der Waals surface area contributed by atoms with Crippen LogP contribution in [-0.4, -0.2) is 24.5 Å². The van der Waals surface area contributed by atoms with Gasteiger partial charge in [-0.1, -0.05) is 39.0 Å². The van der Waals surface area contributed by atoms with Gasteiger partial charge in [-0.05, 0) is 45.1 Å². The lowest BCUT2D eigenvalue weighted by Gasteiger charge is -2.31. The molecule has 0 aromatic heterocycles. The van der Waals surface area contributed by atoms with Gasteiger partial charge < -0.3 is 10.6 Å². The topological polar surface area (TPSA) is 41.1 Å². The summed E-state index contributed by atoms with van der Waals surface area (Å²) in [4.78, 5) is 12.5. The SMILES string of the molecule is CCC(CC1CCCCC1)C(=O)NC1CCNC(C)C1.Cl. The van der Waals surface area contributed by atoms with Crippen molar-refractivity contribution in [2.45, 2.75) is 83.7 Å². The largest absolute Gasteiger partial charge is 0.353 e. The van der Waals surface area contributed by atoms with Gasteiger partial charge >= 0.3 is 0 Å². The number of hydrogen-bond acceptors (Lipinski definition) is 2. The summed E-state index contributed by atoms with van der Waals surface area (Å²) in [5.74, 6) is 1.35. The van der Waals surface area contributed by atoms with E-state index in [4.69, 9.17) is 0 Å². The molecule has 0 aromatic rings. The molecule has 3 nitrogen and oxygen atoms in total. The Morgan fingerprint density at radius 1 is 1.24 bits per heavy atom. The van der Waals surface area contributed by atoms with Gasteiger partial charge in [0.25, 0.3) is 0 Å². The third kappa shape index (κ3) is 6.15. The lowest BCUT2D eigenvalue weighted by molar-refractivity contribution is -0.126. The number of halogens is 1. The van der Waals surface area contributed by atoms with E-state index in [0.717, 1.165) is 38.1 Å². The first-order valence-corrected chi connectivity index (χ1v) is 8.72. The molecule has 0 aromatic carbocycles. The summed E-state index contributed by atoms with van der Waals surface area (Å²) in [6, 6.07) is 0.923. The van der Waals surface area contributed by atoms with E-state index in [1.165, 1.54) is 32.1 Å². The molecule has 2 fully saturated rings. The second-order valence-corrected chi connectivity index (χ2v) is 6.93. The van der Waals surface area contributed by atoms with E-state index < -0.39 is 0 Å². The van der Waals surface area contributed by atoms with Crippen molar-refractivity contribution in [2.24, 2.45) is 11.8 Å². The minimum absolute atomic E-state index is 0. The van der Waals surface area contributed by atoms with Crippen LogP contribution in [0, 0.1) is 11.8 Å². The molecule has 2 aliphatic rings. The van der Waals surface area contributed by atoms with Crippen molar-refractivity contribution in [2.75, 3.05) is 6.54 Å². The minimum Gasteiger partial charge on any atom is -0.353 e. The van der Waals surface area contributed by atoms with Crippen LogP contribution in [0.5, 0.6) is 0 Å². The number of rotatable bonds is 5. The number of piperidine rings is 1. The van der Waals surface area contributed by atoms with Crippen LogP contribution in [0.25, 0.3) is 0 Å². The van der Waals surface area contributed by atoms with Crippen LogP contribution in [0.3, 0.4) is 0 Å². The first kappa shape index (κ1) is 18.8. The van der Waals surface area contributed by atoms with Crippen molar-refractivity contribution in [1.82, 2.24) is 10.6 Å².